The van der Waals surface area contributed by atoms with Crippen molar-refractivity contribution in [2.24, 2.45) is 0 Å². The van der Waals surface area contributed by atoms with Crippen molar-refractivity contribution in [3.8, 4) is 0 Å². The molecule has 1 N–H and O–H groups in total. The van der Waals surface area contributed by atoms with Crippen LogP contribution in [0.3, 0.4) is 0 Å². The third-order valence-electron chi connectivity index (χ3n) is 1.98. The Balaban J connectivity index is 2.37. The van der Waals surface area contributed by atoms with Gasteiger partial charge in [0.1, 0.15) is 5.00 Å². The molecule has 84 valence electrons. The monoisotopic (exact) mass is 255 g/mol. The summed E-state index contributed by atoms with van der Waals surface area (Å²) < 4.78 is 29.9. The first kappa shape index (κ1) is 11.0. The second-order valence-electron chi connectivity index (χ2n) is 3.15. The minimum Gasteiger partial charge on any atom is -0.268 e. The Bertz CT molecular complexity index is 579. The number of anilines is 1. The molecule has 0 fully saturated rings. The minimum atomic E-state index is -3.53. The minimum absolute atomic E-state index is 0.267. The van der Waals surface area contributed by atoms with Crippen LogP contribution in [0.4, 0.5) is 5.00 Å². The van der Waals surface area contributed by atoms with E-state index in [1.54, 1.807) is 31.2 Å². The van der Waals surface area contributed by atoms with Crippen LogP contribution in [0, 0.1) is 6.92 Å². The molecule has 0 aliphatic carbocycles. The van der Waals surface area contributed by atoms with Crippen LogP contribution in [0.5, 0.6) is 0 Å². The lowest BCUT2D eigenvalue weighted by Crippen LogP contribution is -2.13. The number of sulfonamides is 1. The van der Waals surface area contributed by atoms with Crippen LogP contribution in [0.25, 0.3) is 0 Å². The third kappa shape index (κ3) is 2.20. The van der Waals surface area contributed by atoms with E-state index >= 15 is 0 Å². The van der Waals surface area contributed by atoms with E-state index in [0.717, 1.165) is 11.5 Å². The maximum Gasteiger partial charge on any atom is 0.262 e. The topological polar surface area (TPSA) is 72.0 Å². The number of hydrogen-bond donors (Lipinski definition) is 1. The Kier molecular flexibility index (Phi) is 2.88. The largest absolute Gasteiger partial charge is 0.268 e. The maximum absolute atomic E-state index is 12.0. The third-order valence-corrected chi connectivity index (χ3v) is 4.21. The molecule has 0 atom stereocenters. The van der Waals surface area contributed by atoms with Crippen molar-refractivity contribution in [3.63, 3.8) is 0 Å². The number of benzene rings is 1. The number of rotatable bonds is 3. The van der Waals surface area contributed by atoms with Crippen LogP contribution in [-0.4, -0.2) is 18.0 Å². The molecule has 0 saturated heterocycles. The zero-order chi connectivity index (χ0) is 11.6. The highest BCUT2D eigenvalue weighted by Crippen LogP contribution is 2.19. The molecular formula is C9H9N3O2S2. The predicted octanol–water partition coefficient (Wildman–Crippen LogP) is 1.65. The first-order valence-electron chi connectivity index (χ1n) is 4.45. The highest BCUT2D eigenvalue weighted by atomic mass is 32.2. The van der Waals surface area contributed by atoms with Crippen molar-refractivity contribution >= 4 is 26.6 Å². The molecule has 0 radical (unpaired) electrons. The van der Waals surface area contributed by atoms with Gasteiger partial charge in [0.2, 0.25) is 0 Å². The van der Waals surface area contributed by atoms with Crippen molar-refractivity contribution in [1.82, 2.24) is 9.59 Å². The molecule has 1 heterocycles. The molecule has 5 nitrogen and oxygen atoms in total. The van der Waals surface area contributed by atoms with Gasteiger partial charge in [-0.25, -0.2) is 8.42 Å². The van der Waals surface area contributed by atoms with Crippen LogP contribution >= 0.6 is 11.5 Å². The average molecular weight is 255 g/mol. The fourth-order valence-electron chi connectivity index (χ4n) is 1.26. The van der Waals surface area contributed by atoms with Gasteiger partial charge in [0.05, 0.1) is 11.1 Å². The fourth-order valence-corrected chi connectivity index (χ4v) is 3.19. The van der Waals surface area contributed by atoms with Gasteiger partial charge in [-0.3, -0.25) is 4.72 Å². The molecule has 0 unspecified atom stereocenters. The van der Waals surface area contributed by atoms with Gasteiger partial charge in [-0.15, -0.1) is 5.10 Å². The Morgan fingerprint density at radius 2 is 2.06 bits per heavy atom. The van der Waals surface area contributed by atoms with Gasteiger partial charge >= 0.3 is 0 Å². The van der Waals surface area contributed by atoms with Crippen molar-refractivity contribution in [3.05, 3.63) is 36.0 Å². The molecule has 0 saturated carbocycles. The molecule has 0 amide bonds. The van der Waals surface area contributed by atoms with Crippen LogP contribution in [0.2, 0.25) is 0 Å². The molecule has 1 aromatic carbocycles. The predicted molar refractivity (Wildman–Crippen MR) is 61.9 cm³/mol. The Morgan fingerprint density at radius 1 is 1.31 bits per heavy atom. The first-order chi connectivity index (χ1) is 7.59. The lowest BCUT2D eigenvalue weighted by atomic mass is 10.2. The summed E-state index contributed by atoms with van der Waals surface area (Å²) in [5.74, 6) is 0. The van der Waals surface area contributed by atoms with Gasteiger partial charge in [0.15, 0.2) is 0 Å². The van der Waals surface area contributed by atoms with Crippen LogP contribution < -0.4 is 4.72 Å². The summed E-state index contributed by atoms with van der Waals surface area (Å²) in [5, 5.41) is 3.97. The molecule has 1 aromatic heterocycles. The quantitative estimate of drug-likeness (QED) is 0.905. The summed E-state index contributed by atoms with van der Waals surface area (Å²) in [7, 11) is -3.53. The molecule has 0 spiro atoms. The summed E-state index contributed by atoms with van der Waals surface area (Å²) in [6.07, 6.45) is 1.38. The second kappa shape index (κ2) is 4.18. The molecule has 16 heavy (non-hydrogen) atoms. The van der Waals surface area contributed by atoms with E-state index in [4.69, 9.17) is 0 Å². The first-order valence-corrected chi connectivity index (χ1v) is 6.71. The number of nitrogens with zero attached hydrogens (tertiary/aromatic N) is 2. The maximum atomic E-state index is 12.0. The molecular weight excluding hydrogens is 246 g/mol. The summed E-state index contributed by atoms with van der Waals surface area (Å²) in [6, 6.07) is 6.79. The molecule has 2 aromatic rings. The Labute approximate surface area is 97.4 Å². The Hall–Kier alpha value is -1.47. The van der Waals surface area contributed by atoms with Crippen molar-refractivity contribution in [1.29, 1.82) is 0 Å². The normalized spacial score (nSPS) is 11.3. The summed E-state index contributed by atoms with van der Waals surface area (Å²) >= 11 is 0.999. The number of hydrogen-bond acceptors (Lipinski definition) is 5. The van der Waals surface area contributed by atoms with Crippen LogP contribution in [0.15, 0.2) is 35.4 Å². The van der Waals surface area contributed by atoms with Crippen molar-refractivity contribution < 1.29 is 8.42 Å². The number of nitrogens with one attached hydrogen (secondary N) is 1. The van der Waals surface area contributed by atoms with E-state index in [1.807, 2.05) is 0 Å². The summed E-state index contributed by atoms with van der Waals surface area (Å²) in [6.45, 7) is 1.75. The Morgan fingerprint density at radius 3 is 2.69 bits per heavy atom. The van der Waals surface area contributed by atoms with E-state index < -0.39 is 10.0 Å². The number of aryl methyl sites for hydroxylation is 1. The fraction of sp³-hybridized carbons (Fsp3) is 0.111. The smallest absolute Gasteiger partial charge is 0.262 e. The van der Waals surface area contributed by atoms with Gasteiger partial charge in [-0.2, -0.15) is 0 Å². The van der Waals surface area contributed by atoms with Crippen LogP contribution in [0.1, 0.15) is 5.56 Å². The second-order valence-corrected chi connectivity index (χ2v) is 5.59. The summed E-state index contributed by atoms with van der Waals surface area (Å²) in [5.41, 5.74) is 0.701. The van der Waals surface area contributed by atoms with Gasteiger partial charge in [0, 0.05) is 11.5 Å². The SMILES string of the molecule is Cc1ccccc1S(=O)(=O)Nc1cnns1. The van der Waals surface area contributed by atoms with Gasteiger partial charge in [-0.05, 0) is 18.6 Å². The van der Waals surface area contributed by atoms with E-state index in [1.165, 1.54) is 6.20 Å². The van der Waals surface area contributed by atoms with Crippen molar-refractivity contribution in [2.75, 3.05) is 4.72 Å². The summed E-state index contributed by atoms with van der Waals surface area (Å²) in [4.78, 5) is 0.267. The average Bonchev–Trinajstić information content (AvgIpc) is 2.70. The van der Waals surface area contributed by atoms with E-state index in [2.05, 4.69) is 14.3 Å². The molecule has 0 aliphatic heterocycles. The number of aromatic nitrogens is 2. The van der Waals surface area contributed by atoms with Gasteiger partial charge < -0.3 is 0 Å². The van der Waals surface area contributed by atoms with Gasteiger partial charge in [-0.1, -0.05) is 22.7 Å². The zero-order valence-corrected chi connectivity index (χ0v) is 10.0. The highest BCUT2D eigenvalue weighted by Gasteiger charge is 2.16. The lowest BCUT2D eigenvalue weighted by Gasteiger charge is -2.07. The molecule has 0 aliphatic rings. The molecule has 2 rings (SSSR count). The van der Waals surface area contributed by atoms with E-state index in [0.29, 0.717) is 10.6 Å². The van der Waals surface area contributed by atoms with E-state index in [9.17, 15) is 8.42 Å². The van der Waals surface area contributed by atoms with E-state index in [-0.39, 0.29) is 4.90 Å². The lowest BCUT2D eigenvalue weighted by molar-refractivity contribution is 0.600. The molecule has 7 heteroatoms. The van der Waals surface area contributed by atoms with Crippen LogP contribution in [-0.2, 0) is 10.0 Å². The van der Waals surface area contributed by atoms with Gasteiger partial charge in [0.25, 0.3) is 10.0 Å². The molecule has 0 bridgehead atoms. The highest BCUT2D eigenvalue weighted by molar-refractivity contribution is 7.93. The standard InChI is InChI=1S/C9H9N3O2S2/c1-7-4-2-3-5-8(7)16(13,14)11-9-6-10-12-15-9/h2-6,11H,1H3. The zero-order valence-electron chi connectivity index (χ0n) is 8.41. The van der Waals surface area contributed by atoms with Crippen molar-refractivity contribution in [2.45, 2.75) is 11.8 Å².